The summed E-state index contributed by atoms with van der Waals surface area (Å²) in [7, 11) is 1.59. The molecule has 2 N–H and O–H groups in total. The highest BCUT2D eigenvalue weighted by Gasteiger charge is 2.35. The Hall–Kier alpha value is -4.40. The Morgan fingerprint density at radius 3 is 2.31 bits per heavy atom. The van der Waals surface area contributed by atoms with Crippen molar-refractivity contribution in [1.82, 2.24) is 5.32 Å². The topological polar surface area (TPSA) is 97.0 Å². The Morgan fingerprint density at radius 2 is 1.64 bits per heavy atom. The molecule has 0 aromatic heterocycles. The molecule has 1 heterocycles. The van der Waals surface area contributed by atoms with Crippen molar-refractivity contribution in [1.29, 1.82) is 0 Å². The van der Waals surface area contributed by atoms with Gasteiger partial charge < -0.3 is 25.0 Å². The maximum atomic E-state index is 13.0. The number of carbonyl (C=O) groups is 3. The Balaban J connectivity index is 1.25. The fraction of sp³-hybridized carbons (Fsp3) is 0.222. The number of ether oxygens (including phenoxy) is 2. The molecular weight excluding hydrogens is 465 g/mol. The predicted molar refractivity (Wildman–Crippen MR) is 132 cm³/mol. The van der Waals surface area contributed by atoms with Crippen molar-refractivity contribution in [3.8, 4) is 11.5 Å². The molecule has 36 heavy (non-hydrogen) atoms. The van der Waals surface area contributed by atoms with Crippen LogP contribution in [0.2, 0.25) is 0 Å². The van der Waals surface area contributed by atoms with Crippen molar-refractivity contribution in [2.75, 3.05) is 30.5 Å². The summed E-state index contributed by atoms with van der Waals surface area (Å²) in [5, 5.41) is 5.51. The van der Waals surface area contributed by atoms with Crippen LogP contribution in [-0.4, -0.2) is 38.0 Å². The minimum absolute atomic E-state index is 0.132. The molecule has 1 atom stereocenters. The predicted octanol–water partition coefficient (Wildman–Crippen LogP) is 3.52. The Kier molecular flexibility index (Phi) is 7.79. The lowest BCUT2D eigenvalue weighted by Crippen LogP contribution is -2.32. The van der Waals surface area contributed by atoms with E-state index in [1.807, 2.05) is 24.3 Å². The summed E-state index contributed by atoms with van der Waals surface area (Å²) in [6.07, 6.45) is 0.135. The summed E-state index contributed by atoms with van der Waals surface area (Å²) in [5.41, 5.74) is 2.05. The second-order valence-corrected chi connectivity index (χ2v) is 8.31. The van der Waals surface area contributed by atoms with E-state index in [0.717, 1.165) is 11.3 Å². The minimum atomic E-state index is -0.443. The van der Waals surface area contributed by atoms with Crippen LogP contribution < -0.4 is 25.0 Å². The van der Waals surface area contributed by atoms with Gasteiger partial charge >= 0.3 is 0 Å². The first-order chi connectivity index (χ1) is 17.4. The first-order valence-electron chi connectivity index (χ1n) is 11.4. The number of amides is 3. The van der Waals surface area contributed by atoms with E-state index >= 15 is 0 Å². The molecule has 1 fully saturated rings. The number of halogens is 1. The van der Waals surface area contributed by atoms with Gasteiger partial charge in [0.15, 0.2) is 6.61 Å². The molecule has 1 saturated heterocycles. The van der Waals surface area contributed by atoms with Gasteiger partial charge in [-0.25, -0.2) is 4.39 Å². The highest BCUT2D eigenvalue weighted by molar-refractivity contribution is 6.00. The average molecular weight is 492 g/mol. The van der Waals surface area contributed by atoms with Gasteiger partial charge in [-0.2, -0.15) is 0 Å². The van der Waals surface area contributed by atoms with Crippen molar-refractivity contribution in [2.24, 2.45) is 5.92 Å². The zero-order valence-corrected chi connectivity index (χ0v) is 19.7. The van der Waals surface area contributed by atoms with Crippen molar-refractivity contribution in [2.45, 2.75) is 13.0 Å². The summed E-state index contributed by atoms with van der Waals surface area (Å²) in [4.78, 5) is 38.8. The van der Waals surface area contributed by atoms with Gasteiger partial charge in [-0.15, -0.1) is 0 Å². The molecule has 0 aliphatic carbocycles. The lowest BCUT2D eigenvalue weighted by Gasteiger charge is -2.17. The number of nitrogens with zero attached hydrogens (tertiary/aromatic N) is 1. The van der Waals surface area contributed by atoms with Crippen LogP contribution in [0, 0.1) is 11.7 Å². The zero-order chi connectivity index (χ0) is 25.5. The number of hydrogen-bond donors (Lipinski definition) is 2. The van der Waals surface area contributed by atoms with Crippen LogP contribution in [0.5, 0.6) is 11.5 Å². The molecule has 0 radical (unpaired) electrons. The van der Waals surface area contributed by atoms with Gasteiger partial charge in [-0.1, -0.05) is 12.1 Å². The lowest BCUT2D eigenvalue weighted by molar-refractivity contribution is -0.126. The van der Waals surface area contributed by atoms with Crippen LogP contribution in [0.15, 0.2) is 72.8 Å². The van der Waals surface area contributed by atoms with Crippen molar-refractivity contribution < 1.29 is 28.2 Å². The zero-order valence-electron chi connectivity index (χ0n) is 19.7. The third kappa shape index (κ3) is 6.38. The number of methoxy groups -OCH3 is 1. The summed E-state index contributed by atoms with van der Waals surface area (Å²) in [5.74, 6) is -0.326. The van der Waals surface area contributed by atoms with E-state index in [-0.39, 0.29) is 43.1 Å². The first-order valence-corrected chi connectivity index (χ1v) is 11.4. The summed E-state index contributed by atoms with van der Waals surface area (Å²) < 4.78 is 23.6. The SMILES string of the molecule is COc1ccc(CNC(=O)[C@@H]2CC(=O)N(c3ccc(OCC(=O)Nc4ccc(F)cc4)cc3)C2)cc1. The third-order valence-corrected chi connectivity index (χ3v) is 5.77. The summed E-state index contributed by atoms with van der Waals surface area (Å²) in [6.45, 7) is 0.428. The van der Waals surface area contributed by atoms with E-state index in [1.165, 1.54) is 24.3 Å². The van der Waals surface area contributed by atoms with Gasteiger partial charge in [0.05, 0.1) is 13.0 Å². The quantitative estimate of drug-likeness (QED) is 0.478. The molecule has 0 bridgehead atoms. The molecule has 0 saturated carbocycles. The van der Waals surface area contributed by atoms with Crippen LogP contribution in [0.25, 0.3) is 0 Å². The van der Waals surface area contributed by atoms with Crippen LogP contribution in [-0.2, 0) is 20.9 Å². The van der Waals surface area contributed by atoms with Crippen molar-refractivity contribution in [3.63, 3.8) is 0 Å². The summed E-state index contributed by atoms with van der Waals surface area (Å²) >= 11 is 0. The molecule has 186 valence electrons. The van der Waals surface area contributed by atoms with Gasteiger partial charge in [0.25, 0.3) is 5.91 Å². The molecule has 3 amide bonds. The first kappa shape index (κ1) is 24.7. The maximum Gasteiger partial charge on any atom is 0.262 e. The van der Waals surface area contributed by atoms with Crippen molar-refractivity contribution in [3.05, 3.63) is 84.2 Å². The largest absolute Gasteiger partial charge is 0.497 e. The van der Waals surface area contributed by atoms with Gasteiger partial charge in [0.2, 0.25) is 11.8 Å². The van der Waals surface area contributed by atoms with E-state index in [9.17, 15) is 18.8 Å². The number of carbonyl (C=O) groups excluding carboxylic acids is 3. The smallest absolute Gasteiger partial charge is 0.262 e. The van der Waals surface area contributed by atoms with E-state index in [1.54, 1.807) is 36.3 Å². The van der Waals surface area contributed by atoms with Crippen LogP contribution in [0.3, 0.4) is 0 Å². The van der Waals surface area contributed by atoms with Crippen molar-refractivity contribution >= 4 is 29.1 Å². The number of rotatable bonds is 9. The number of anilines is 2. The standard InChI is InChI=1S/C27H26FN3O5/c1-35-23-10-2-18(3-11-23)15-29-27(34)19-14-26(33)31(16-19)22-8-12-24(13-9-22)36-17-25(32)30-21-6-4-20(28)5-7-21/h2-13,19H,14-17H2,1H3,(H,29,34)(H,30,32)/t19-/m1/s1. The molecule has 3 aromatic rings. The fourth-order valence-corrected chi connectivity index (χ4v) is 3.81. The van der Waals surface area contributed by atoms with E-state index in [2.05, 4.69) is 10.6 Å². The fourth-order valence-electron chi connectivity index (χ4n) is 3.81. The lowest BCUT2D eigenvalue weighted by atomic mass is 10.1. The molecule has 4 rings (SSSR count). The Labute approximate surface area is 208 Å². The van der Waals surface area contributed by atoms with Gasteiger partial charge in [-0.3, -0.25) is 14.4 Å². The van der Waals surface area contributed by atoms with Crippen LogP contribution in [0.1, 0.15) is 12.0 Å². The highest BCUT2D eigenvalue weighted by atomic mass is 19.1. The molecule has 3 aromatic carbocycles. The number of hydrogen-bond acceptors (Lipinski definition) is 5. The van der Waals surface area contributed by atoms with E-state index in [4.69, 9.17) is 9.47 Å². The maximum absolute atomic E-state index is 13.0. The van der Waals surface area contributed by atoms with Crippen LogP contribution >= 0.6 is 0 Å². The Morgan fingerprint density at radius 1 is 0.972 bits per heavy atom. The van der Waals surface area contributed by atoms with Gasteiger partial charge in [0, 0.05) is 30.9 Å². The van der Waals surface area contributed by atoms with Gasteiger partial charge in [-0.05, 0) is 66.2 Å². The van der Waals surface area contributed by atoms with Crippen LogP contribution in [0.4, 0.5) is 15.8 Å². The molecule has 1 aliphatic rings. The normalized spacial score (nSPS) is 14.9. The second kappa shape index (κ2) is 11.4. The molecule has 8 nitrogen and oxygen atoms in total. The van der Waals surface area contributed by atoms with E-state index in [0.29, 0.717) is 23.7 Å². The van der Waals surface area contributed by atoms with Gasteiger partial charge in [0.1, 0.15) is 17.3 Å². The Bertz CT molecular complexity index is 1210. The average Bonchev–Trinajstić information content (AvgIpc) is 3.29. The second-order valence-electron chi connectivity index (χ2n) is 8.31. The molecular formula is C27H26FN3O5. The summed E-state index contributed by atoms with van der Waals surface area (Å²) in [6, 6.07) is 19.6. The molecule has 9 heteroatoms. The third-order valence-electron chi connectivity index (χ3n) is 5.77. The molecule has 0 unspecified atom stereocenters. The molecule has 0 spiro atoms. The number of nitrogens with one attached hydrogen (secondary N) is 2. The number of benzene rings is 3. The van der Waals surface area contributed by atoms with E-state index < -0.39 is 5.92 Å². The molecule has 1 aliphatic heterocycles. The minimum Gasteiger partial charge on any atom is -0.497 e. The highest BCUT2D eigenvalue weighted by Crippen LogP contribution is 2.27. The monoisotopic (exact) mass is 491 g/mol.